The van der Waals surface area contributed by atoms with Crippen LogP contribution in [0.1, 0.15) is 11.1 Å². The minimum Gasteiger partial charge on any atom is -0.353 e. The van der Waals surface area contributed by atoms with Crippen LogP contribution >= 0.6 is 34.2 Å². The minimum atomic E-state index is 0.607. The van der Waals surface area contributed by atoms with Gasteiger partial charge in [0.1, 0.15) is 6.07 Å². The SMILES string of the molecule is Cc1ccc(C#N)c(Nc2cc(I)ccc2Cl)c1. The number of nitrogens with one attached hydrogen (secondary N) is 1. The van der Waals surface area contributed by atoms with Crippen molar-refractivity contribution < 1.29 is 0 Å². The second-order valence-corrected chi connectivity index (χ2v) is 5.56. The van der Waals surface area contributed by atoms with Crippen LogP contribution in [0.4, 0.5) is 11.4 Å². The smallest absolute Gasteiger partial charge is 0.101 e. The molecule has 1 N–H and O–H groups in total. The summed E-state index contributed by atoms with van der Waals surface area (Å²) >= 11 is 8.36. The van der Waals surface area contributed by atoms with Gasteiger partial charge in [0.05, 0.1) is 22.0 Å². The summed E-state index contributed by atoms with van der Waals surface area (Å²) in [4.78, 5) is 0. The molecule has 0 saturated heterocycles. The zero-order valence-corrected chi connectivity index (χ0v) is 12.6. The van der Waals surface area contributed by atoms with Gasteiger partial charge in [-0.15, -0.1) is 0 Å². The molecule has 2 rings (SSSR count). The fourth-order valence-electron chi connectivity index (χ4n) is 1.60. The molecule has 0 aromatic heterocycles. The molecule has 0 amide bonds. The van der Waals surface area contributed by atoms with E-state index in [-0.39, 0.29) is 0 Å². The van der Waals surface area contributed by atoms with E-state index in [1.54, 1.807) is 6.07 Å². The number of nitriles is 1. The van der Waals surface area contributed by atoms with Crippen LogP contribution in [0.2, 0.25) is 5.02 Å². The van der Waals surface area contributed by atoms with E-state index >= 15 is 0 Å². The van der Waals surface area contributed by atoms with Gasteiger partial charge in [0, 0.05) is 3.57 Å². The molecule has 0 unspecified atom stereocenters. The third-order valence-corrected chi connectivity index (χ3v) is 3.49. The van der Waals surface area contributed by atoms with Crippen molar-refractivity contribution in [3.8, 4) is 6.07 Å². The van der Waals surface area contributed by atoms with Gasteiger partial charge in [0.25, 0.3) is 0 Å². The van der Waals surface area contributed by atoms with E-state index in [0.717, 1.165) is 20.5 Å². The topological polar surface area (TPSA) is 35.8 Å². The lowest BCUT2D eigenvalue weighted by molar-refractivity contribution is 1.41. The summed E-state index contributed by atoms with van der Waals surface area (Å²) in [6.45, 7) is 1.99. The number of aryl methyl sites for hydroxylation is 1. The Morgan fingerprint density at radius 3 is 2.67 bits per heavy atom. The van der Waals surface area contributed by atoms with Gasteiger partial charge in [0.15, 0.2) is 0 Å². The second-order valence-electron chi connectivity index (χ2n) is 3.91. The van der Waals surface area contributed by atoms with E-state index in [4.69, 9.17) is 16.9 Å². The van der Waals surface area contributed by atoms with Gasteiger partial charge < -0.3 is 5.32 Å². The largest absolute Gasteiger partial charge is 0.353 e. The van der Waals surface area contributed by atoms with Gasteiger partial charge in [-0.1, -0.05) is 17.7 Å². The summed E-state index contributed by atoms with van der Waals surface area (Å²) in [5.41, 5.74) is 3.29. The standard InChI is InChI=1S/C14H10ClIN2/c1-9-2-3-10(8-17)13(6-9)18-14-7-11(16)4-5-12(14)15/h2-7,18H,1H3. The zero-order valence-electron chi connectivity index (χ0n) is 9.67. The summed E-state index contributed by atoms with van der Waals surface area (Å²) in [7, 11) is 0. The van der Waals surface area contributed by atoms with E-state index in [2.05, 4.69) is 34.0 Å². The van der Waals surface area contributed by atoms with E-state index in [0.29, 0.717) is 10.6 Å². The average molecular weight is 369 g/mol. The quantitative estimate of drug-likeness (QED) is 0.768. The molecule has 0 radical (unpaired) electrons. The van der Waals surface area contributed by atoms with Crippen molar-refractivity contribution in [3.05, 3.63) is 56.1 Å². The highest BCUT2D eigenvalue weighted by Gasteiger charge is 2.06. The molecule has 2 nitrogen and oxygen atoms in total. The van der Waals surface area contributed by atoms with Crippen molar-refractivity contribution in [2.24, 2.45) is 0 Å². The highest BCUT2D eigenvalue weighted by molar-refractivity contribution is 14.1. The number of halogens is 2. The molecule has 2 aromatic rings. The maximum atomic E-state index is 9.09. The van der Waals surface area contributed by atoms with E-state index in [1.807, 2.05) is 37.3 Å². The first-order chi connectivity index (χ1) is 8.60. The van der Waals surface area contributed by atoms with Crippen molar-refractivity contribution in [1.82, 2.24) is 0 Å². The monoisotopic (exact) mass is 368 g/mol. The predicted molar refractivity (Wildman–Crippen MR) is 83.3 cm³/mol. The first-order valence-corrected chi connectivity index (χ1v) is 6.78. The molecule has 90 valence electrons. The molecule has 0 atom stereocenters. The Balaban J connectivity index is 2.43. The van der Waals surface area contributed by atoms with Crippen molar-refractivity contribution in [1.29, 1.82) is 5.26 Å². The lowest BCUT2D eigenvalue weighted by Crippen LogP contribution is -1.95. The number of hydrogen-bond acceptors (Lipinski definition) is 2. The zero-order chi connectivity index (χ0) is 13.1. The summed E-state index contributed by atoms with van der Waals surface area (Å²) < 4.78 is 1.09. The van der Waals surface area contributed by atoms with Gasteiger partial charge in [-0.2, -0.15) is 5.26 Å². The lowest BCUT2D eigenvalue weighted by atomic mass is 10.1. The molecule has 0 aliphatic rings. The van der Waals surface area contributed by atoms with Gasteiger partial charge in [-0.3, -0.25) is 0 Å². The average Bonchev–Trinajstić information content (AvgIpc) is 2.34. The molecule has 2 aromatic carbocycles. The summed E-state index contributed by atoms with van der Waals surface area (Å²) in [5, 5.41) is 12.9. The first-order valence-electron chi connectivity index (χ1n) is 5.33. The van der Waals surface area contributed by atoms with Crippen LogP contribution in [-0.2, 0) is 0 Å². The normalized spacial score (nSPS) is 9.89. The summed E-state index contributed by atoms with van der Waals surface area (Å²) in [6, 6.07) is 13.6. The van der Waals surface area contributed by atoms with Crippen molar-refractivity contribution in [3.63, 3.8) is 0 Å². The highest BCUT2D eigenvalue weighted by Crippen LogP contribution is 2.29. The predicted octanol–water partition coefficient (Wildman–Crippen LogP) is 4.87. The van der Waals surface area contributed by atoms with Crippen LogP contribution in [0.25, 0.3) is 0 Å². The Labute approximate surface area is 125 Å². The van der Waals surface area contributed by atoms with E-state index in [1.165, 1.54) is 0 Å². The molecular weight excluding hydrogens is 359 g/mol. The van der Waals surface area contributed by atoms with Crippen LogP contribution < -0.4 is 5.32 Å². The molecule has 0 heterocycles. The molecule has 4 heteroatoms. The summed E-state index contributed by atoms with van der Waals surface area (Å²) in [6.07, 6.45) is 0. The summed E-state index contributed by atoms with van der Waals surface area (Å²) in [5.74, 6) is 0. The Morgan fingerprint density at radius 2 is 1.94 bits per heavy atom. The molecule has 0 bridgehead atoms. The Kier molecular flexibility index (Phi) is 4.10. The third-order valence-electron chi connectivity index (χ3n) is 2.49. The Bertz CT molecular complexity index is 632. The maximum Gasteiger partial charge on any atom is 0.101 e. The van der Waals surface area contributed by atoms with Crippen LogP contribution in [-0.4, -0.2) is 0 Å². The molecule has 0 spiro atoms. The van der Waals surface area contributed by atoms with Crippen LogP contribution in [0, 0.1) is 21.8 Å². The van der Waals surface area contributed by atoms with Crippen LogP contribution in [0.3, 0.4) is 0 Å². The van der Waals surface area contributed by atoms with Crippen molar-refractivity contribution in [2.45, 2.75) is 6.92 Å². The van der Waals surface area contributed by atoms with Crippen molar-refractivity contribution in [2.75, 3.05) is 5.32 Å². The molecule has 0 aliphatic carbocycles. The molecule has 0 fully saturated rings. The number of nitrogens with zero attached hydrogens (tertiary/aromatic N) is 1. The first kappa shape index (κ1) is 13.2. The number of anilines is 2. The molecule has 18 heavy (non-hydrogen) atoms. The van der Waals surface area contributed by atoms with Gasteiger partial charge >= 0.3 is 0 Å². The van der Waals surface area contributed by atoms with Gasteiger partial charge in [-0.05, 0) is 65.4 Å². The van der Waals surface area contributed by atoms with Gasteiger partial charge in [-0.25, -0.2) is 0 Å². The molecule has 0 aliphatic heterocycles. The van der Waals surface area contributed by atoms with Crippen molar-refractivity contribution >= 4 is 45.6 Å². The highest BCUT2D eigenvalue weighted by atomic mass is 127. The number of rotatable bonds is 2. The minimum absolute atomic E-state index is 0.607. The van der Waals surface area contributed by atoms with E-state index < -0.39 is 0 Å². The maximum absolute atomic E-state index is 9.09. The molecule has 0 saturated carbocycles. The van der Waals surface area contributed by atoms with Crippen LogP contribution in [0.5, 0.6) is 0 Å². The van der Waals surface area contributed by atoms with Gasteiger partial charge in [0.2, 0.25) is 0 Å². The second kappa shape index (κ2) is 5.59. The van der Waals surface area contributed by atoms with Crippen LogP contribution in [0.15, 0.2) is 36.4 Å². The fourth-order valence-corrected chi connectivity index (χ4v) is 2.25. The number of benzene rings is 2. The molecular formula is C14H10ClIN2. The third kappa shape index (κ3) is 2.95. The Hall–Kier alpha value is -1.25. The Morgan fingerprint density at radius 1 is 1.17 bits per heavy atom. The van der Waals surface area contributed by atoms with E-state index in [9.17, 15) is 0 Å². The fraction of sp³-hybridized carbons (Fsp3) is 0.0714. The lowest BCUT2D eigenvalue weighted by Gasteiger charge is -2.11. The number of hydrogen-bond donors (Lipinski definition) is 1.